The normalized spacial score (nSPS) is 19.8. The number of carboxylic acids is 1. The lowest BCUT2D eigenvalue weighted by Gasteiger charge is -2.24. The third-order valence-electron chi connectivity index (χ3n) is 3.53. The third kappa shape index (κ3) is 3.05. The van der Waals surface area contributed by atoms with Crippen molar-refractivity contribution in [3.8, 4) is 0 Å². The Balaban J connectivity index is 2.27. The first-order chi connectivity index (χ1) is 8.97. The molecule has 1 amide bonds. The minimum atomic E-state index is -0.879. The molecule has 5 nitrogen and oxygen atoms in total. The van der Waals surface area contributed by atoms with Crippen LogP contribution in [0.1, 0.15) is 11.1 Å². The van der Waals surface area contributed by atoms with Gasteiger partial charge in [0, 0.05) is 18.8 Å². The average molecular weight is 262 g/mol. The van der Waals surface area contributed by atoms with E-state index in [9.17, 15) is 9.59 Å². The predicted molar refractivity (Wildman–Crippen MR) is 72.3 cm³/mol. The number of aliphatic carboxylic acids is 1. The van der Waals surface area contributed by atoms with Gasteiger partial charge in [-0.2, -0.15) is 0 Å². The molecular formula is C14H18N2O3. The summed E-state index contributed by atoms with van der Waals surface area (Å²) in [6.45, 7) is 4.76. The van der Waals surface area contributed by atoms with Crippen LogP contribution < -0.4 is 10.2 Å². The number of benzene rings is 1. The van der Waals surface area contributed by atoms with E-state index in [2.05, 4.69) is 5.32 Å². The number of carbonyl (C=O) groups is 2. The van der Waals surface area contributed by atoms with E-state index >= 15 is 0 Å². The van der Waals surface area contributed by atoms with Gasteiger partial charge in [0.05, 0.1) is 12.5 Å². The van der Waals surface area contributed by atoms with Crippen molar-refractivity contribution in [1.29, 1.82) is 0 Å². The van der Waals surface area contributed by atoms with E-state index < -0.39 is 11.9 Å². The van der Waals surface area contributed by atoms with Crippen LogP contribution in [0.5, 0.6) is 0 Å². The number of nitrogens with zero attached hydrogens (tertiary/aromatic N) is 1. The summed E-state index contributed by atoms with van der Waals surface area (Å²) in [6, 6.07) is 5.91. The van der Waals surface area contributed by atoms with Crippen LogP contribution in [-0.2, 0) is 9.59 Å². The molecule has 5 heteroatoms. The van der Waals surface area contributed by atoms with Crippen LogP contribution >= 0.6 is 0 Å². The van der Waals surface area contributed by atoms with Crippen LogP contribution in [0.15, 0.2) is 18.2 Å². The van der Waals surface area contributed by atoms with E-state index in [1.54, 1.807) is 0 Å². The molecule has 1 aliphatic heterocycles. The Morgan fingerprint density at radius 1 is 1.37 bits per heavy atom. The minimum Gasteiger partial charge on any atom is -0.481 e. The molecule has 0 aliphatic carbocycles. The number of carbonyl (C=O) groups excluding carboxylic acids is 1. The van der Waals surface area contributed by atoms with Gasteiger partial charge in [-0.15, -0.1) is 0 Å². The van der Waals surface area contributed by atoms with E-state index in [0.717, 1.165) is 11.3 Å². The lowest BCUT2D eigenvalue weighted by Crippen LogP contribution is -2.34. The maximum Gasteiger partial charge on any atom is 0.310 e. The van der Waals surface area contributed by atoms with Crippen molar-refractivity contribution in [2.75, 3.05) is 24.5 Å². The highest BCUT2D eigenvalue weighted by Gasteiger charge is 2.26. The maximum absolute atomic E-state index is 11.6. The molecule has 1 unspecified atom stereocenters. The van der Waals surface area contributed by atoms with E-state index in [0.29, 0.717) is 6.54 Å². The minimum absolute atomic E-state index is 0.137. The van der Waals surface area contributed by atoms with Crippen LogP contribution in [0.4, 0.5) is 5.69 Å². The number of hydrogen-bond donors (Lipinski definition) is 2. The Bertz CT molecular complexity index is 513. The fourth-order valence-electron chi connectivity index (χ4n) is 2.15. The Morgan fingerprint density at radius 3 is 2.74 bits per heavy atom. The molecule has 1 aliphatic rings. The van der Waals surface area contributed by atoms with Crippen LogP contribution in [0.25, 0.3) is 0 Å². The van der Waals surface area contributed by atoms with E-state index in [-0.39, 0.29) is 19.0 Å². The number of nitrogens with one attached hydrogen (secondary N) is 1. The van der Waals surface area contributed by atoms with Crippen LogP contribution in [0.3, 0.4) is 0 Å². The van der Waals surface area contributed by atoms with Gasteiger partial charge in [0.1, 0.15) is 0 Å². The van der Waals surface area contributed by atoms with Gasteiger partial charge in [-0.1, -0.05) is 6.07 Å². The highest BCUT2D eigenvalue weighted by atomic mass is 16.4. The SMILES string of the molecule is Cc1ccc(N2CC(=O)NCC(C(=O)O)C2)cc1C. The summed E-state index contributed by atoms with van der Waals surface area (Å²) in [5.41, 5.74) is 3.21. The maximum atomic E-state index is 11.6. The number of hydrogen-bond acceptors (Lipinski definition) is 3. The molecule has 0 saturated carbocycles. The zero-order chi connectivity index (χ0) is 14.0. The fraction of sp³-hybridized carbons (Fsp3) is 0.429. The lowest BCUT2D eigenvalue weighted by atomic mass is 10.1. The van der Waals surface area contributed by atoms with Crippen molar-refractivity contribution >= 4 is 17.6 Å². The Morgan fingerprint density at radius 2 is 2.11 bits per heavy atom. The first kappa shape index (κ1) is 13.4. The topological polar surface area (TPSA) is 69.6 Å². The number of aryl methyl sites for hydroxylation is 2. The summed E-state index contributed by atoms with van der Waals surface area (Å²) in [7, 11) is 0. The summed E-state index contributed by atoms with van der Waals surface area (Å²) >= 11 is 0. The zero-order valence-electron chi connectivity index (χ0n) is 11.1. The van der Waals surface area contributed by atoms with E-state index in [4.69, 9.17) is 5.11 Å². The van der Waals surface area contributed by atoms with Gasteiger partial charge in [-0.05, 0) is 37.1 Å². The second-order valence-corrected chi connectivity index (χ2v) is 4.99. The van der Waals surface area contributed by atoms with E-state index in [1.807, 2.05) is 36.9 Å². The van der Waals surface area contributed by atoms with Crippen LogP contribution in [-0.4, -0.2) is 36.6 Å². The van der Waals surface area contributed by atoms with Crippen molar-refractivity contribution in [2.45, 2.75) is 13.8 Å². The number of carboxylic acid groups (broad SMARTS) is 1. The fourth-order valence-corrected chi connectivity index (χ4v) is 2.15. The molecule has 1 aromatic rings. The average Bonchev–Trinajstić information content (AvgIpc) is 2.55. The van der Waals surface area contributed by atoms with Crippen LogP contribution in [0.2, 0.25) is 0 Å². The molecule has 2 N–H and O–H groups in total. The number of amides is 1. The van der Waals surface area contributed by atoms with Gasteiger partial charge in [0.15, 0.2) is 0 Å². The highest BCUT2D eigenvalue weighted by Crippen LogP contribution is 2.20. The number of anilines is 1. The standard InChI is InChI=1S/C14H18N2O3/c1-9-3-4-12(5-10(9)2)16-7-11(14(18)19)6-15-13(17)8-16/h3-5,11H,6-8H2,1-2H3,(H,15,17)(H,18,19). The van der Waals surface area contributed by atoms with Crippen molar-refractivity contribution in [3.05, 3.63) is 29.3 Å². The first-order valence-corrected chi connectivity index (χ1v) is 6.29. The third-order valence-corrected chi connectivity index (χ3v) is 3.53. The van der Waals surface area contributed by atoms with Gasteiger partial charge in [-0.3, -0.25) is 9.59 Å². The summed E-state index contributed by atoms with van der Waals surface area (Å²) < 4.78 is 0. The van der Waals surface area contributed by atoms with Gasteiger partial charge < -0.3 is 15.3 Å². The van der Waals surface area contributed by atoms with E-state index in [1.165, 1.54) is 5.56 Å². The highest BCUT2D eigenvalue weighted by molar-refractivity contribution is 5.83. The van der Waals surface area contributed by atoms with Gasteiger partial charge in [0.25, 0.3) is 0 Å². The molecule has 1 aromatic carbocycles. The first-order valence-electron chi connectivity index (χ1n) is 6.29. The predicted octanol–water partition coefficient (Wildman–Crippen LogP) is 0.940. The molecule has 0 aromatic heterocycles. The van der Waals surface area contributed by atoms with Crippen LogP contribution in [0, 0.1) is 19.8 Å². The second kappa shape index (κ2) is 5.30. The molecule has 19 heavy (non-hydrogen) atoms. The monoisotopic (exact) mass is 262 g/mol. The van der Waals surface area contributed by atoms with Crippen molar-refractivity contribution < 1.29 is 14.7 Å². The molecule has 0 radical (unpaired) electrons. The van der Waals surface area contributed by atoms with Gasteiger partial charge in [0.2, 0.25) is 5.91 Å². The number of rotatable bonds is 2. The quantitative estimate of drug-likeness (QED) is 0.832. The molecule has 1 atom stereocenters. The summed E-state index contributed by atoms with van der Waals surface area (Å²) in [4.78, 5) is 24.6. The lowest BCUT2D eigenvalue weighted by molar-refractivity contribution is -0.141. The molecule has 2 rings (SSSR count). The Hall–Kier alpha value is -2.04. The summed E-state index contributed by atoms with van der Waals surface area (Å²) in [5, 5.41) is 11.8. The Kier molecular flexibility index (Phi) is 3.74. The largest absolute Gasteiger partial charge is 0.481 e. The molecule has 0 bridgehead atoms. The molecule has 1 saturated heterocycles. The molecule has 1 heterocycles. The van der Waals surface area contributed by atoms with Crippen molar-refractivity contribution in [3.63, 3.8) is 0 Å². The molecule has 1 fully saturated rings. The van der Waals surface area contributed by atoms with Gasteiger partial charge in [-0.25, -0.2) is 0 Å². The Labute approximate surface area is 112 Å². The summed E-state index contributed by atoms with van der Waals surface area (Å²) in [6.07, 6.45) is 0. The molecule has 102 valence electrons. The zero-order valence-corrected chi connectivity index (χ0v) is 11.1. The molecule has 0 spiro atoms. The smallest absolute Gasteiger partial charge is 0.310 e. The molecular weight excluding hydrogens is 244 g/mol. The van der Waals surface area contributed by atoms with Crippen molar-refractivity contribution in [1.82, 2.24) is 5.32 Å². The summed E-state index contributed by atoms with van der Waals surface area (Å²) in [5.74, 6) is -1.59. The second-order valence-electron chi connectivity index (χ2n) is 4.99. The van der Waals surface area contributed by atoms with Crippen molar-refractivity contribution in [2.24, 2.45) is 5.92 Å². The van der Waals surface area contributed by atoms with Gasteiger partial charge >= 0.3 is 5.97 Å².